The third-order valence-electron chi connectivity index (χ3n) is 4.11. The maximum atomic E-state index is 4.60. The van der Waals surface area contributed by atoms with Crippen LogP contribution in [0.15, 0.2) is 70.0 Å². The summed E-state index contributed by atoms with van der Waals surface area (Å²) in [4.78, 5) is 5.88. The van der Waals surface area contributed by atoms with Gasteiger partial charge in [-0.3, -0.25) is 5.43 Å². The van der Waals surface area contributed by atoms with Crippen LogP contribution in [-0.2, 0) is 0 Å². The lowest BCUT2D eigenvalue weighted by Crippen LogP contribution is -1.92. The van der Waals surface area contributed by atoms with Crippen LogP contribution in [0, 0.1) is 0 Å². The molecule has 0 aliphatic carbocycles. The molecule has 0 spiro atoms. The molecule has 0 atom stereocenters. The van der Waals surface area contributed by atoms with Crippen LogP contribution in [-0.4, -0.2) is 17.0 Å². The largest absolute Gasteiger partial charge is 0.253 e. The van der Waals surface area contributed by atoms with Crippen LogP contribution in [0.2, 0.25) is 0 Å². The van der Waals surface area contributed by atoms with Gasteiger partial charge in [-0.25, -0.2) is 4.98 Å². The Labute approximate surface area is 169 Å². The summed E-state index contributed by atoms with van der Waals surface area (Å²) in [6.07, 6.45) is 7.07. The van der Waals surface area contributed by atoms with E-state index < -0.39 is 0 Å². The number of anilines is 1. The molecule has 3 nitrogen and oxygen atoms in total. The zero-order valence-electron chi connectivity index (χ0n) is 15.6. The van der Waals surface area contributed by atoms with Crippen molar-refractivity contribution in [1.29, 1.82) is 0 Å². The van der Waals surface area contributed by atoms with Gasteiger partial charge in [-0.05, 0) is 18.2 Å². The molecule has 140 valence electrons. The van der Waals surface area contributed by atoms with Gasteiger partial charge in [0.1, 0.15) is 0 Å². The highest BCUT2D eigenvalue weighted by Crippen LogP contribution is 2.25. The average molecular weight is 396 g/mol. The van der Waals surface area contributed by atoms with Crippen molar-refractivity contribution in [2.45, 2.75) is 37.5 Å². The number of benzene rings is 2. The van der Waals surface area contributed by atoms with Crippen LogP contribution < -0.4 is 5.43 Å². The van der Waals surface area contributed by atoms with Gasteiger partial charge in [0.25, 0.3) is 0 Å². The van der Waals surface area contributed by atoms with E-state index in [2.05, 4.69) is 58.8 Å². The molecule has 2 aromatic carbocycles. The van der Waals surface area contributed by atoms with Gasteiger partial charge >= 0.3 is 0 Å². The van der Waals surface area contributed by atoms with E-state index in [1.807, 2.05) is 41.6 Å². The van der Waals surface area contributed by atoms with Crippen LogP contribution >= 0.6 is 23.1 Å². The smallest absolute Gasteiger partial charge is 0.203 e. The summed E-state index contributed by atoms with van der Waals surface area (Å²) in [7, 11) is 0. The summed E-state index contributed by atoms with van der Waals surface area (Å²) in [5.74, 6) is 1.16. The second-order valence-corrected chi connectivity index (χ2v) is 8.22. The minimum atomic E-state index is 0.801. The van der Waals surface area contributed by atoms with E-state index in [0.717, 1.165) is 27.7 Å². The Balaban J connectivity index is 1.56. The minimum Gasteiger partial charge on any atom is -0.253 e. The fourth-order valence-corrected chi connectivity index (χ4v) is 4.35. The first-order valence-corrected chi connectivity index (χ1v) is 11.2. The molecule has 0 unspecified atom stereocenters. The lowest BCUT2D eigenvalue weighted by molar-refractivity contribution is 0.706. The normalized spacial score (nSPS) is 11.1. The Morgan fingerprint density at radius 2 is 1.85 bits per heavy atom. The van der Waals surface area contributed by atoms with Crippen molar-refractivity contribution in [1.82, 2.24) is 4.98 Å². The molecule has 1 aromatic heterocycles. The van der Waals surface area contributed by atoms with Crippen molar-refractivity contribution >= 4 is 34.4 Å². The zero-order chi connectivity index (χ0) is 18.7. The molecule has 5 heteroatoms. The van der Waals surface area contributed by atoms with E-state index in [0.29, 0.717) is 0 Å². The van der Waals surface area contributed by atoms with Gasteiger partial charge < -0.3 is 0 Å². The summed E-state index contributed by atoms with van der Waals surface area (Å²) in [5.41, 5.74) is 6.30. The number of thiazole rings is 1. The number of nitrogens with zero attached hydrogens (tertiary/aromatic N) is 2. The molecule has 27 heavy (non-hydrogen) atoms. The van der Waals surface area contributed by atoms with Crippen molar-refractivity contribution in [3.05, 3.63) is 65.5 Å². The quantitative estimate of drug-likeness (QED) is 0.175. The van der Waals surface area contributed by atoms with E-state index in [1.165, 1.54) is 30.6 Å². The molecule has 0 saturated heterocycles. The highest BCUT2D eigenvalue weighted by molar-refractivity contribution is 7.99. The highest BCUT2D eigenvalue weighted by atomic mass is 32.2. The lowest BCUT2D eigenvalue weighted by Gasteiger charge is -2.05. The van der Waals surface area contributed by atoms with E-state index >= 15 is 0 Å². The lowest BCUT2D eigenvalue weighted by atomic mass is 10.2. The molecule has 0 aliphatic heterocycles. The topological polar surface area (TPSA) is 37.3 Å². The van der Waals surface area contributed by atoms with Gasteiger partial charge in [0.05, 0.1) is 11.9 Å². The molecule has 3 rings (SSSR count). The second kappa shape index (κ2) is 10.9. The van der Waals surface area contributed by atoms with Crippen LogP contribution in [0.5, 0.6) is 0 Å². The maximum absolute atomic E-state index is 4.60. The first-order chi connectivity index (χ1) is 13.4. The highest BCUT2D eigenvalue weighted by Gasteiger charge is 2.03. The predicted octanol–water partition coefficient (Wildman–Crippen LogP) is 6.93. The number of rotatable bonds is 10. The number of thioether (sulfide) groups is 1. The molecule has 0 amide bonds. The number of hydrogen-bond donors (Lipinski definition) is 1. The Hall–Kier alpha value is -2.11. The summed E-state index contributed by atoms with van der Waals surface area (Å²) < 4.78 is 0. The van der Waals surface area contributed by atoms with Crippen molar-refractivity contribution in [2.75, 3.05) is 11.2 Å². The Kier molecular flexibility index (Phi) is 7.93. The number of hydrogen-bond acceptors (Lipinski definition) is 5. The molecule has 0 bridgehead atoms. The average Bonchev–Trinajstić information content (AvgIpc) is 3.18. The molecule has 3 aromatic rings. The Bertz CT molecular complexity index is 844. The Morgan fingerprint density at radius 1 is 1.04 bits per heavy atom. The zero-order valence-corrected chi connectivity index (χ0v) is 17.2. The van der Waals surface area contributed by atoms with Crippen molar-refractivity contribution in [3.8, 4) is 11.3 Å². The van der Waals surface area contributed by atoms with Crippen LogP contribution in [0.1, 0.15) is 38.2 Å². The SMILES string of the molecule is CCCCCCSc1ccccc1C=NNc1nc(-c2ccccc2)cs1. The first-order valence-electron chi connectivity index (χ1n) is 9.38. The number of nitrogens with one attached hydrogen (secondary N) is 1. The number of aromatic nitrogens is 1. The van der Waals surface area contributed by atoms with Crippen LogP contribution in [0.25, 0.3) is 11.3 Å². The van der Waals surface area contributed by atoms with Gasteiger partial charge in [-0.1, -0.05) is 74.7 Å². The molecule has 1 N–H and O–H groups in total. The summed E-state index contributed by atoms with van der Waals surface area (Å²) in [6, 6.07) is 18.6. The van der Waals surface area contributed by atoms with E-state index in [-0.39, 0.29) is 0 Å². The summed E-state index contributed by atoms with van der Waals surface area (Å²) in [6.45, 7) is 2.25. The third-order valence-corrected chi connectivity index (χ3v) is 6.03. The monoisotopic (exact) mass is 395 g/mol. The fourth-order valence-electron chi connectivity index (χ4n) is 2.65. The molecule has 0 fully saturated rings. The van der Waals surface area contributed by atoms with Gasteiger partial charge in [0, 0.05) is 21.4 Å². The van der Waals surface area contributed by atoms with Crippen molar-refractivity contribution < 1.29 is 0 Å². The predicted molar refractivity (Wildman–Crippen MR) is 120 cm³/mol. The first kappa shape index (κ1) is 19.6. The standard InChI is InChI=1S/C22H25N3S2/c1-2-3-4-10-15-26-21-14-9-8-13-19(21)16-23-25-22-24-20(17-27-22)18-11-6-5-7-12-18/h5-9,11-14,16-17H,2-4,10,15H2,1H3,(H,24,25). The molecular formula is C22H25N3S2. The number of hydrazone groups is 1. The fraction of sp³-hybridized carbons (Fsp3) is 0.273. The Morgan fingerprint density at radius 3 is 2.70 bits per heavy atom. The number of unbranched alkanes of at least 4 members (excludes halogenated alkanes) is 3. The van der Waals surface area contributed by atoms with E-state index in [9.17, 15) is 0 Å². The van der Waals surface area contributed by atoms with Gasteiger partial charge in [-0.15, -0.1) is 23.1 Å². The summed E-state index contributed by atoms with van der Waals surface area (Å²) >= 11 is 3.48. The minimum absolute atomic E-state index is 0.801. The van der Waals surface area contributed by atoms with Gasteiger partial charge in [-0.2, -0.15) is 5.10 Å². The molecule has 1 heterocycles. The van der Waals surface area contributed by atoms with Crippen molar-refractivity contribution in [3.63, 3.8) is 0 Å². The van der Waals surface area contributed by atoms with E-state index in [1.54, 1.807) is 11.3 Å². The third kappa shape index (κ3) is 6.22. The van der Waals surface area contributed by atoms with Crippen LogP contribution in [0.3, 0.4) is 0 Å². The van der Waals surface area contributed by atoms with Gasteiger partial charge in [0.2, 0.25) is 5.13 Å². The van der Waals surface area contributed by atoms with Crippen LogP contribution in [0.4, 0.5) is 5.13 Å². The van der Waals surface area contributed by atoms with Crippen molar-refractivity contribution in [2.24, 2.45) is 5.10 Å². The maximum Gasteiger partial charge on any atom is 0.203 e. The molecular weight excluding hydrogens is 370 g/mol. The van der Waals surface area contributed by atoms with E-state index in [4.69, 9.17) is 0 Å². The summed E-state index contributed by atoms with van der Waals surface area (Å²) in [5, 5.41) is 7.25. The molecule has 0 aliphatic rings. The van der Waals surface area contributed by atoms with Gasteiger partial charge in [0.15, 0.2) is 0 Å². The second-order valence-electron chi connectivity index (χ2n) is 6.22. The molecule has 0 radical (unpaired) electrons. The molecule has 0 saturated carbocycles.